The molecule has 1 heterocycles. The number of aryl methyl sites for hydroxylation is 1. The number of aromatic carboxylic acids is 1. The van der Waals surface area contributed by atoms with E-state index in [1.165, 1.54) is 11.3 Å². The number of likely N-dealkylation sites (N-methyl/N-ethyl adjacent to an activating group) is 1. The first kappa shape index (κ1) is 13.9. The van der Waals surface area contributed by atoms with Crippen LogP contribution in [-0.4, -0.2) is 47.1 Å². The summed E-state index contributed by atoms with van der Waals surface area (Å²) >= 11 is 1.39. The van der Waals surface area contributed by atoms with E-state index in [1.54, 1.807) is 6.92 Å². The van der Waals surface area contributed by atoms with Crippen LogP contribution in [0.25, 0.3) is 0 Å². The van der Waals surface area contributed by atoms with Crippen LogP contribution in [0.4, 0.5) is 5.13 Å². The van der Waals surface area contributed by atoms with Crippen molar-refractivity contribution < 1.29 is 9.90 Å². The number of rotatable bonds is 7. The van der Waals surface area contributed by atoms with Gasteiger partial charge in [-0.25, -0.2) is 9.78 Å². The van der Waals surface area contributed by atoms with E-state index in [-0.39, 0.29) is 5.69 Å². The highest BCUT2D eigenvalue weighted by molar-refractivity contribution is 7.15. The molecule has 0 atom stereocenters. The van der Waals surface area contributed by atoms with Crippen LogP contribution in [-0.2, 0) is 0 Å². The van der Waals surface area contributed by atoms with Gasteiger partial charge in [0.05, 0.1) is 0 Å². The summed E-state index contributed by atoms with van der Waals surface area (Å²) in [6, 6.07) is 0. The second-order valence-electron chi connectivity index (χ2n) is 3.68. The summed E-state index contributed by atoms with van der Waals surface area (Å²) in [5.41, 5.74) is 0.153. The maximum absolute atomic E-state index is 10.8. The van der Waals surface area contributed by atoms with E-state index in [9.17, 15) is 4.79 Å². The quantitative estimate of drug-likeness (QED) is 0.781. The predicted molar refractivity (Wildman–Crippen MR) is 70.1 cm³/mol. The molecule has 0 aromatic carbocycles. The lowest BCUT2D eigenvalue weighted by atomic mass is 10.4. The second kappa shape index (κ2) is 6.56. The summed E-state index contributed by atoms with van der Waals surface area (Å²) in [5, 5.41) is 12.7. The highest BCUT2D eigenvalue weighted by Crippen LogP contribution is 2.21. The molecular weight excluding hydrogens is 238 g/mol. The molecule has 1 aromatic heterocycles. The zero-order valence-corrected chi connectivity index (χ0v) is 11.3. The second-order valence-corrected chi connectivity index (χ2v) is 4.89. The minimum Gasteiger partial charge on any atom is -0.476 e. The molecule has 0 aliphatic rings. The van der Waals surface area contributed by atoms with Crippen LogP contribution in [0.3, 0.4) is 0 Å². The van der Waals surface area contributed by atoms with Crippen molar-refractivity contribution in [3.8, 4) is 0 Å². The fraction of sp³-hybridized carbons (Fsp3) is 0.636. The molecule has 2 N–H and O–H groups in total. The van der Waals surface area contributed by atoms with E-state index in [0.717, 1.165) is 31.1 Å². The number of hydrogen-bond acceptors (Lipinski definition) is 5. The lowest BCUT2D eigenvalue weighted by molar-refractivity contribution is 0.0690. The van der Waals surface area contributed by atoms with Crippen molar-refractivity contribution in [2.45, 2.75) is 20.8 Å². The van der Waals surface area contributed by atoms with Crippen molar-refractivity contribution in [2.24, 2.45) is 0 Å². The Morgan fingerprint density at radius 1 is 1.47 bits per heavy atom. The zero-order valence-electron chi connectivity index (χ0n) is 10.5. The summed E-state index contributed by atoms with van der Waals surface area (Å²) < 4.78 is 0. The van der Waals surface area contributed by atoms with Crippen molar-refractivity contribution >= 4 is 22.4 Å². The molecule has 0 saturated heterocycles. The molecule has 17 heavy (non-hydrogen) atoms. The Bertz CT molecular complexity index is 375. The van der Waals surface area contributed by atoms with E-state index in [0.29, 0.717) is 5.13 Å². The number of carboxylic acid groups (broad SMARTS) is 1. The lowest BCUT2D eigenvalue weighted by Crippen LogP contribution is -2.28. The van der Waals surface area contributed by atoms with Crippen LogP contribution in [0.5, 0.6) is 0 Å². The van der Waals surface area contributed by atoms with Crippen molar-refractivity contribution in [3.63, 3.8) is 0 Å². The van der Waals surface area contributed by atoms with Crippen LogP contribution in [0.15, 0.2) is 0 Å². The average Bonchev–Trinajstić information content (AvgIpc) is 2.66. The molecule has 0 aliphatic heterocycles. The molecule has 0 saturated carbocycles. The van der Waals surface area contributed by atoms with Crippen LogP contribution in [0.1, 0.15) is 29.2 Å². The molecule has 0 unspecified atom stereocenters. The molecule has 0 aliphatic carbocycles. The first-order valence-corrected chi connectivity index (χ1v) is 6.57. The predicted octanol–water partition coefficient (Wildman–Crippen LogP) is 1.90. The third-order valence-electron chi connectivity index (χ3n) is 2.60. The summed E-state index contributed by atoms with van der Waals surface area (Å²) in [6.45, 7) is 9.79. The number of carbonyl (C=O) groups is 1. The van der Waals surface area contributed by atoms with Gasteiger partial charge in [0.25, 0.3) is 0 Å². The van der Waals surface area contributed by atoms with E-state index in [2.05, 4.69) is 29.0 Å². The summed E-state index contributed by atoms with van der Waals surface area (Å²) in [7, 11) is 0. The minimum absolute atomic E-state index is 0.153. The molecule has 1 aromatic rings. The van der Waals surface area contributed by atoms with Gasteiger partial charge in [0, 0.05) is 18.0 Å². The first-order valence-electron chi connectivity index (χ1n) is 5.75. The smallest absolute Gasteiger partial charge is 0.355 e. The maximum atomic E-state index is 10.8. The Hall–Kier alpha value is -1.14. The number of nitrogens with one attached hydrogen (secondary N) is 1. The summed E-state index contributed by atoms with van der Waals surface area (Å²) in [4.78, 5) is 17.9. The zero-order chi connectivity index (χ0) is 12.8. The fourth-order valence-electron chi connectivity index (χ4n) is 1.53. The molecule has 0 radical (unpaired) electrons. The van der Waals surface area contributed by atoms with Gasteiger partial charge in [0.2, 0.25) is 0 Å². The van der Waals surface area contributed by atoms with Gasteiger partial charge >= 0.3 is 5.97 Å². The molecule has 0 bridgehead atoms. The van der Waals surface area contributed by atoms with Crippen LogP contribution >= 0.6 is 11.3 Å². The summed E-state index contributed by atoms with van der Waals surface area (Å²) in [6.07, 6.45) is 0. The molecule has 5 nitrogen and oxygen atoms in total. The fourth-order valence-corrected chi connectivity index (χ4v) is 2.36. The Morgan fingerprint density at radius 3 is 2.59 bits per heavy atom. The third-order valence-corrected chi connectivity index (χ3v) is 3.53. The van der Waals surface area contributed by atoms with E-state index >= 15 is 0 Å². The van der Waals surface area contributed by atoms with Gasteiger partial charge in [-0.2, -0.15) is 0 Å². The number of hydrogen-bond donors (Lipinski definition) is 2. The van der Waals surface area contributed by atoms with Crippen molar-refractivity contribution in [1.29, 1.82) is 0 Å². The Labute approximate surface area is 105 Å². The van der Waals surface area contributed by atoms with Gasteiger partial charge in [-0.15, -0.1) is 11.3 Å². The largest absolute Gasteiger partial charge is 0.476 e. The van der Waals surface area contributed by atoms with Gasteiger partial charge < -0.3 is 15.3 Å². The average molecular weight is 257 g/mol. The van der Waals surface area contributed by atoms with Gasteiger partial charge in [0.1, 0.15) is 0 Å². The van der Waals surface area contributed by atoms with Crippen LogP contribution < -0.4 is 5.32 Å². The monoisotopic (exact) mass is 257 g/mol. The molecule has 0 spiro atoms. The Kier molecular flexibility index (Phi) is 5.37. The minimum atomic E-state index is -0.962. The van der Waals surface area contributed by atoms with E-state index < -0.39 is 5.97 Å². The molecule has 6 heteroatoms. The maximum Gasteiger partial charge on any atom is 0.355 e. The third kappa shape index (κ3) is 3.98. The standard InChI is InChI=1S/C11H19N3O2S/c1-4-14(5-2)7-6-12-11-13-9(10(15)16)8(3)17-11/h4-7H2,1-3H3,(H,12,13)(H,15,16). The molecular formula is C11H19N3O2S. The Balaban J connectivity index is 2.47. The van der Waals surface area contributed by atoms with E-state index in [1.807, 2.05) is 0 Å². The first-order chi connectivity index (χ1) is 8.08. The van der Waals surface area contributed by atoms with Gasteiger partial charge in [-0.3, -0.25) is 0 Å². The van der Waals surface area contributed by atoms with Gasteiger partial charge in [-0.1, -0.05) is 13.8 Å². The number of thiazole rings is 1. The van der Waals surface area contributed by atoms with Gasteiger partial charge in [-0.05, 0) is 20.0 Å². The number of anilines is 1. The topological polar surface area (TPSA) is 65.5 Å². The molecule has 0 amide bonds. The molecule has 0 fully saturated rings. The number of aromatic nitrogens is 1. The SMILES string of the molecule is CCN(CC)CCNc1nc(C(=O)O)c(C)s1. The lowest BCUT2D eigenvalue weighted by Gasteiger charge is -2.17. The normalized spacial score (nSPS) is 10.8. The number of carboxylic acids is 1. The van der Waals surface area contributed by atoms with Crippen molar-refractivity contribution in [1.82, 2.24) is 9.88 Å². The van der Waals surface area contributed by atoms with Crippen molar-refractivity contribution in [2.75, 3.05) is 31.5 Å². The van der Waals surface area contributed by atoms with Crippen LogP contribution in [0, 0.1) is 6.92 Å². The van der Waals surface area contributed by atoms with Crippen molar-refractivity contribution in [3.05, 3.63) is 10.6 Å². The summed E-state index contributed by atoms with van der Waals surface area (Å²) in [5.74, 6) is -0.962. The highest BCUT2D eigenvalue weighted by Gasteiger charge is 2.13. The number of nitrogens with zero attached hydrogens (tertiary/aromatic N) is 2. The molecule has 96 valence electrons. The molecule has 1 rings (SSSR count). The highest BCUT2D eigenvalue weighted by atomic mass is 32.1. The Morgan fingerprint density at radius 2 is 2.12 bits per heavy atom. The van der Waals surface area contributed by atoms with E-state index in [4.69, 9.17) is 5.11 Å². The van der Waals surface area contributed by atoms with Gasteiger partial charge in [0.15, 0.2) is 10.8 Å². The van der Waals surface area contributed by atoms with Crippen LogP contribution in [0.2, 0.25) is 0 Å².